The smallest absolute Gasteiger partial charge is 0.271 e. The molecule has 5 aliphatic rings. The molecule has 3 aliphatic heterocycles. The van der Waals surface area contributed by atoms with Crippen molar-refractivity contribution in [2.24, 2.45) is 42.1 Å². The molecule has 0 bridgehead atoms. The molecule has 292 valence electrons. The number of halogens is 1. The predicted octanol–water partition coefficient (Wildman–Crippen LogP) is 7.66. The van der Waals surface area contributed by atoms with Crippen LogP contribution in [0.15, 0.2) is 90.2 Å². The van der Waals surface area contributed by atoms with Gasteiger partial charge in [-0.1, -0.05) is 29.3 Å². The fourth-order valence-corrected chi connectivity index (χ4v) is 11.6. The molecule has 2 saturated heterocycles. The second kappa shape index (κ2) is 12.7. The predicted molar refractivity (Wildman–Crippen MR) is 215 cm³/mol. The number of allylic oxidation sites excluding steroid dienone is 3. The number of benzene rings is 3. The summed E-state index contributed by atoms with van der Waals surface area (Å²) in [5.74, 6) is -4.77. The number of anilines is 2. The number of carbonyl (C=O) groups excluding carboxylic acids is 4. The van der Waals surface area contributed by atoms with Crippen LogP contribution in [0.2, 0.25) is 5.02 Å². The van der Waals surface area contributed by atoms with E-state index in [2.05, 4.69) is 0 Å². The number of thiophene rings is 1. The van der Waals surface area contributed by atoms with Crippen molar-refractivity contribution in [3.05, 3.63) is 116 Å². The third-order valence-electron chi connectivity index (χ3n) is 12.9. The van der Waals surface area contributed by atoms with Gasteiger partial charge in [0.25, 0.3) is 5.69 Å². The molecular formula is C43H34ClN5O8S. The number of non-ortho nitro benzene ring substituents is 1. The first kappa shape index (κ1) is 36.2. The Labute approximate surface area is 339 Å². The number of nitro benzene ring substituents is 1. The number of hydrogen-bond acceptors (Lipinski definition) is 10. The fraction of sp³-hybridized carbons (Fsp3) is 0.279. The van der Waals surface area contributed by atoms with Gasteiger partial charge in [-0.3, -0.25) is 34.0 Å². The Kier molecular flexibility index (Phi) is 7.93. The number of amides is 4. The van der Waals surface area contributed by atoms with Crippen LogP contribution in [0.3, 0.4) is 0 Å². The van der Waals surface area contributed by atoms with E-state index in [1.54, 1.807) is 49.8 Å². The van der Waals surface area contributed by atoms with Crippen LogP contribution in [0.4, 0.5) is 17.2 Å². The van der Waals surface area contributed by atoms with Crippen molar-refractivity contribution in [3.63, 3.8) is 0 Å². The van der Waals surface area contributed by atoms with Crippen LogP contribution < -0.4 is 14.5 Å². The summed E-state index contributed by atoms with van der Waals surface area (Å²) in [6, 6.07) is 17.7. The Balaban J connectivity index is 1.08. The number of ether oxygens (including phenoxy) is 1. The lowest BCUT2D eigenvalue weighted by Crippen LogP contribution is -2.51. The van der Waals surface area contributed by atoms with E-state index in [0.29, 0.717) is 39.8 Å². The molecule has 0 spiro atoms. The number of nitrogens with zero attached hydrogens (tertiary/aromatic N) is 5. The molecule has 58 heavy (non-hydrogen) atoms. The van der Waals surface area contributed by atoms with E-state index in [4.69, 9.17) is 21.4 Å². The van der Waals surface area contributed by atoms with Gasteiger partial charge in [0.1, 0.15) is 23.0 Å². The third-order valence-corrected chi connectivity index (χ3v) is 14.5. The largest absolute Gasteiger partial charge is 0.508 e. The van der Waals surface area contributed by atoms with Gasteiger partial charge in [-0.25, -0.2) is 9.80 Å². The second-order valence-corrected chi connectivity index (χ2v) is 17.4. The number of rotatable bonds is 5. The number of phenolic OH excluding ortho intramolecular Hbond substituents is 1. The minimum atomic E-state index is -1.34. The molecular weight excluding hydrogens is 782 g/mol. The Hall–Kier alpha value is -6.12. The van der Waals surface area contributed by atoms with Gasteiger partial charge in [0.05, 0.1) is 44.9 Å². The van der Waals surface area contributed by atoms with Crippen molar-refractivity contribution >= 4 is 73.8 Å². The minimum Gasteiger partial charge on any atom is -0.508 e. The molecule has 3 aromatic carbocycles. The first-order valence-corrected chi connectivity index (χ1v) is 20.1. The molecule has 10 rings (SSSR count). The van der Waals surface area contributed by atoms with Crippen molar-refractivity contribution in [3.8, 4) is 22.1 Å². The molecule has 5 heterocycles. The van der Waals surface area contributed by atoms with Crippen LogP contribution in [0, 0.1) is 52.0 Å². The molecule has 3 fully saturated rings. The topological polar surface area (TPSA) is 165 Å². The van der Waals surface area contributed by atoms with Gasteiger partial charge in [-0.15, -0.1) is 11.3 Å². The van der Waals surface area contributed by atoms with Crippen LogP contribution in [-0.2, 0) is 32.6 Å². The maximum absolute atomic E-state index is 15.2. The third kappa shape index (κ3) is 5.03. The van der Waals surface area contributed by atoms with Crippen LogP contribution in [0.25, 0.3) is 20.7 Å². The van der Waals surface area contributed by atoms with Crippen molar-refractivity contribution < 1.29 is 33.9 Å². The summed E-state index contributed by atoms with van der Waals surface area (Å²) in [4.78, 5) is 73.0. The Morgan fingerprint density at radius 3 is 2.60 bits per heavy atom. The number of aromatic nitrogens is 2. The van der Waals surface area contributed by atoms with E-state index < -0.39 is 63.6 Å². The second-order valence-electron chi connectivity index (χ2n) is 15.9. The summed E-state index contributed by atoms with van der Waals surface area (Å²) in [5.41, 5.74) is 2.26. The van der Waals surface area contributed by atoms with Crippen molar-refractivity contribution in [1.82, 2.24) is 9.78 Å². The van der Waals surface area contributed by atoms with Crippen LogP contribution in [0.5, 0.6) is 11.5 Å². The zero-order valence-electron chi connectivity index (χ0n) is 31.3. The number of phenols is 1. The highest BCUT2D eigenvalue weighted by Crippen LogP contribution is 2.63. The van der Waals surface area contributed by atoms with Crippen molar-refractivity contribution in [2.75, 3.05) is 9.80 Å². The Morgan fingerprint density at radius 1 is 1.00 bits per heavy atom. The van der Waals surface area contributed by atoms with Gasteiger partial charge in [-0.05, 0) is 91.6 Å². The first-order valence-electron chi connectivity index (χ1n) is 18.9. The highest BCUT2D eigenvalue weighted by atomic mass is 35.5. The number of aromatic hydroxyl groups is 1. The molecule has 5 aromatic rings. The van der Waals surface area contributed by atoms with E-state index in [0.717, 1.165) is 31.0 Å². The molecule has 4 amide bonds. The van der Waals surface area contributed by atoms with Gasteiger partial charge >= 0.3 is 0 Å². The number of carbonyl (C=O) groups is 4. The summed E-state index contributed by atoms with van der Waals surface area (Å²) in [7, 11) is 1.69. The maximum Gasteiger partial charge on any atom is 0.271 e. The molecule has 0 radical (unpaired) electrons. The summed E-state index contributed by atoms with van der Waals surface area (Å²) >= 11 is 7.87. The van der Waals surface area contributed by atoms with E-state index >= 15 is 4.79 Å². The molecule has 1 N–H and O–H groups in total. The maximum atomic E-state index is 15.2. The molecule has 15 heteroatoms. The zero-order chi connectivity index (χ0) is 40.5. The summed E-state index contributed by atoms with van der Waals surface area (Å²) < 4.78 is 8.68. The Morgan fingerprint density at radius 2 is 1.81 bits per heavy atom. The van der Waals surface area contributed by atoms with Gasteiger partial charge in [0.15, 0.2) is 0 Å². The van der Waals surface area contributed by atoms with E-state index in [9.17, 15) is 29.6 Å². The molecule has 2 aromatic heterocycles. The SMILES string of the molecule is Cc1c(-c2cc(N3C(=O)[C@@H]4C[C@@H]5C(=CC[C@@H]6C(=O)N(c7cccc([N+](=O)[O-])c7)C(=O)[C@@H]65)[C@H](C5=COc6ccc(O)cc6C5)[C@]4(C)C3=O)n(C)n2)sc2ccc(Cl)cc12. The van der Waals surface area contributed by atoms with Gasteiger partial charge in [-0.2, -0.15) is 5.10 Å². The van der Waals surface area contributed by atoms with Crippen LogP contribution >= 0.6 is 22.9 Å². The lowest BCUT2D eigenvalue weighted by atomic mass is 9.51. The van der Waals surface area contributed by atoms with E-state index in [1.807, 2.05) is 31.2 Å². The fourth-order valence-electron chi connectivity index (χ4n) is 10.3. The minimum absolute atomic E-state index is 0.0486. The average molecular weight is 816 g/mol. The number of fused-ring (bicyclic) bond motifs is 6. The van der Waals surface area contributed by atoms with E-state index in [1.165, 1.54) is 39.9 Å². The summed E-state index contributed by atoms with van der Waals surface area (Å²) in [6.07, 6.45) is 4.17. The standard InChI is InChI=1S/C43H34ClN5O8S/c1-20-29-15-23(44)7-12-34(29)58-38(20)32-18-35(46(3)45-32)48-40(52)31-17-30-27(37(43(31,2)42(48)54)22-13-21-14-26(50)8-11-33(21)57-19-22)9-10-28-36(30)41(53)47(39(28)51)24-5-4-6-25(16-24)49(55)56/h4-9,11-12,14-16,18-19,28,30-31,36-37,50H,10,13,17H2,1-3H3/t28-,30+,31-,36-,37-,43+/m0/s1. The number of nitro groups is 1. The zero-order valence-corrected chi connectivity index (χ0v) is 32.9. The molecule has 0 unspecified atom stereocenters. The molecule has 13 nitrogen and oxygen atoms in total. The highest BCUT2D eigenvalue weighted by molar-refractivity contribution is 7.22. The van der Waals surface area contributed by atoms with Crippen molar-refractivity contribution in [1.29, 1.82) is 0 Å². The summed E-state index contributed by atoms with van der Waals surface area (Å²) in [5, 5.41) is 28.4. The van der Waals surface area contributed by atoms with Crippen LogP contribution in [0.1, 0.15) is 30.9 Å². The van der Waals surface area contributed by atoms with Crippen molar-refractivity contribution in [2.45, 2.75) is 33.1 Å². The number of imide groups is 2. The van der Waals surface area contributed by atoms with Gasteiger partial charge in [0.2, 0.25) is 23.6 Å². The van der Waals surface area contributed by atoms with Crippen LogP contribution in [-0.4, -0.2) is 43.4 Å². The molecule has 1 saturated carbocycles. The summed E-state index contributed by atoms with van der Waals surface area (Å²) in [6.45, 7) is 3.79. The number of hydrogen-bond donors (Lipinski definition) is 1. The highest BCUT2D eigenvalue weighted by Gasteiger charge is 2.68. The first-order chi connectivity index (χ1) is 27.8. The number of aryl methyl sites for hydroxylation is 2. The Bertz CT molecular complexity index is 2790. The lowest BCUT2D eigenvalue weighted by Gasteiger charge is -2.49. The van der Waals surface area contributed by atoms with Gasteiger partial charge < -0.3 is 9.84 Å². The van der Waals surface area contributed by atoms with Gasteiger partial charge in [0, 0.05) is 52.9 Å². The molecule has 6 atom stereocenters. The monoisotopic (exact) mass is 815 g/mol. The molecule has 2 aliphatic carbocycles. The average Bonchev–Trinajstić information content (AvgIpc) is 3.87. The normalized spacial score (nSPS) is 26.2. The quantitative estimate of drug-likeness (QED) is 0.0812. The van der Waals surface area contributed by atoms with E-state index in [-0.39, 0.29) is 30.0 Å². The lowest BCUT2D eigenvalue weighted by molar-refractivity contribution is -0.384.